The Morgan fingerprint density at radius 3 is 2.52 bits per heavy atom. The topological polar surface area (TPSA) is 192 Å². The zero-order valence-electron chi connectivity index (χ0n) is 35.8. The summed E-state index contributed by atoms with van der Waals surface area (Å²) in [5.41, 5.74) is 1.81. The van der Waals surface area contributed by atoms with E-state index in [0.29, 0.717) is 66.7 Å². The fourth-order valence-corrected chi connectivity index (χ4v) is 9.65. The number of methoxy groups -OCH3 is 1. The van der Waals surface area contributed by atoms with Crippen molar-refractivity contribution >= 4 is 23.4 Å². The minimum absolute atomic E-state index is 0.0609. The highest BCUT2D eigenvalue weighted by Gasteiger charge is 2.49. The van der Waals surface area contributed by atoms with Crippen molar-refractivity contribution in [2.24, 2.45) is 11.8 Å². The normalized spacial score (nSPS) is 27.3. The van der Waals surface area contributed by atoms with E-state index < -0.39 is 53.1 Å². The zero-order valence-corrected chi connectivity index (χ0v) is 35.8. The molecule has 1 fully saturated rings. The summed E-state index contributed by atoms with van der Waals surface area (Å²) in [6.07, 6.45) is 1.71. The standard InChI is InChI=1S/C50H59NO11/c1-4-12-50(59)39-10-11-43(54)36(21-39)16-30-6-5-7-31(15-30)19-41(53)23-38-20-33(35-17-32(28-52)18-40(22-35)51-29-49(2,58)13-14-60-3)8-9-34-26-47(56)61-45-27-44(55)37(24-42(34)45)25-46(50)62-48(38)57/h5-7,15,17-18,22-24,27,33-34,36,39,41,46,51-53,55,58-59H,4,10-14,16,19-21,25-26,28-29H2,1-3H3. The van der Waals surface area contributed by atoms with Crippen LogP contribution in [-0.2, 0) is 49.7 Å². The molecule has 3 heterocycles. The summed E-state index contributed by atoms with van der Waals surface area (Å²) in [7, 11) is 1.57. The number of anilines is 1. The maximum absolute atomic E-state index is 14.9. The number of ether oxygens (including phenoxy) is 3. The average molecular weight is 850 g/mol. The Labute approximate surface area is 363 Å². The first-order valence-electron chi connectivity index (χ1n) is 21.9. The number of carbonyl (C=O) groups excluding carboxylic acids is 3. The molecule has 0 aromatic heterocycles. The number of aromatic hydroxyl groups is 1. The lowest BCUT2D eigenvalue weighted by atomic mass is 9.66. The predicted molar refractivity (Wildman–Crippen MR) is 231 cm³/mol. The van der Waals surface area contributed by atoms with Gasteiger partial charge in [-0.05, 0) is 97.0 Å². The van der Waals surface area contributed by atoms with Crippen molar-refractivity contribution in [3.63, 3.8) is 0 Å². The van der Waals surface area contributed by atoms with Crippen molar-refractivity contribution in [2.75, 3.05) is 25.6 Å². The third-order valence-electron chi connectivity index (χ3n) is 13.1. The lowest BCUT2D eigenvalue weighted by Gasteiger charge is -2.45. The van der Waals surface area contributed by atoms with Crippen LogP contribution >= 0.6 is 0 Å². The number of carbonyl (C=O) groups is 3. The van der Waals surface area contributed by atoms with E-state index in [9.17, 15) is 39.9 Å². The first-order chi connectivity index (χ1) is 29.7. The second-order valence-electron chi connectivity index (χ2n) is 18.0. The van der Waals surface area contributed by atoms with Gasteiger partial charge in [-0.2, -0.15) is 0 Å². The van der Waals surface area contributed by atoms with Crippen molar-refractivity contribution in [3.05, 3.63) is 99.6 Å². The molecule has 1 aliphatic carbocycles. The number of hydrogen-bond acceptors (Lipinski definition) is 12. The fraction of sp³-hybridized carbons (Fsp3) is 0.500. The number of fused-ring (bicyclic) bond motifs is 8. The zero-order chi connectivity index (χ0) is 44.2. The van der Waals surface area contributed by atoms with E-state index in [2.05, 4.69) is 17.2 Å². The van der Waals surface area contributed by atoms with Crippen LogP contribution in [-0.4, -0.2) is 86.9 Å². The third-order valence-corrected chi connectivity index (χ3v) is 13.1. The van der Waals surface area contributed by atoms with E-state index in [-0.39, 0.29) is 80.4 Å². The molecule has 12 nitrogen and oxygen atoms in total. The van der Waals surface area contributed by atoms with Gasteiger partial charge in [-0.25, -0.2) is 4.79 Å². The number of esters is 2. The number of ketones is 1. The number of phenols is 1. The number of aliphatic hydroxyl groups is 4. The van der Waals surface area contributed by atoms with Gasteiger partial charge < -0.3 is 45.1 Å². The van der Waals surface area contributed by atoms with Crippen molar-refractivity contribution in [1.82, 2.24) is 0 Å². The maximum atomic E-state index is 14.9. The second-order valence-corrected chi connectivity index (χ2v) is 18.0. The molecule has 8 bridgehead atoms. The van der Waals surface area contributed by atoms with Crippen molar-refractivity contribution in [3.8, 4) is 23.3 Å². The van der Waals surface area contributed by atoms with Crippen LogP contribution in [0.15, 0.2) is 66.2 Å². The molecule has 0 saturated heterocycles. The van der Waals surface area contributed by atoms with Crippen LogP contribution in [0.2, 0.25) is 0 Å². The number of hydrogen-bond donors (Lipinski definition) is 6. The Kier molecular flexibility index (Phi) is 13.9. The monoisotopic (exact) mass is 849 g/mol. The van der Waals surface area contributed by atoms with Gasteiger partial charge in [0.2, 0.25) is 0 Å². The molecule has 1 saturated carbocycles. The molecule has 0 radical (unpaired) electrons. The Balaban J connectivity index is 1.40. The highest BCUT2D eigenvalue weighted by atomic mass is 16.6. The molecule has 3 aromatic rings. The SMILES string of the molecule is CCCC1(O)C2CCC(=O)C(Cc3cccc(c3)CC(O)C=C3CC(c4cc(CO)cc(NCC(C)(O)CCOC)c4)C#CC4CC(=O)Oc5cc(O)c(cc54)CC1OC3=O)C2. The molecule has 7 rings (SSSR count). The van der Waals surface area contributed by atoms with Gasteiger partial charge in [-0.15, -0.1) is 0 Å². The largest absolute Gasteiger partial charge is 0.508 e. The molecule has 12 heteroatoms. The number of Topliss-reactive ketones (excluding diaryl/α,β-unsaturated/α-hetero) is 1. The minimum Gasteiger partial charge on any atom is -0.508 e. The van der Waals surface area contributed by atoms with E-state index in [4.69, 9.17) is 14.2 Å². The minimum atomic E-state index is -1.63. The molecule has 330 valence electrons. The van der Waals surface area contributed by atoms with Crippen LogP contribution < -0.4 is 10.1 Å². The van der Waals surface area contributed by atoms with Gasteiger partial charge in [0.25, 0.3) is 0 Å². The summed E-state index contributed by atoms with van der Waals surface area (Å²) in [6.45, 7) is 3.84. The van der Waals surface area contributed by atoms with Gasteiger partial charge in [0.1, 0.15) is 29.0 Å². The van der Waals surface area contributed by atoms with Gasteiger partial charge in [0.15, 0.2) is 0 Å². The summed E-state index contributed by atoms with van der Waals surface area (Å²) >= 11 is 0. The van der Waals surface area contributed by atoms with Gasteiger partial charge in [0, 0.05) is 80.7 Å². The summed E-state index contributed by atoms with van der Waals surface area (Å²) < 4.78 is 17.3. The van der Waals surface area contributed by atoms with E-state index in [0.717, 1.165) is 11.1 Å². The molecule has 62 heavy (non-hydrogen) atoms. The van der Waals surface area contributed by atoms with Gasteiger partial charge >= 0.3 is 11.9 Å². The third kappa shape index (κ3) is 10.4. The molecular formula is C50H59NO11. The number of nitrogens with one attached hydrogen (secondary N) is 1. The quantitative estimate of drug-likeness (QED) is 0.0827. The Morgan fingerprint density at radius 1 is 0.984 bits per heavy atom. The molecule has 8 atom stereocenters. The van der Waals surface area contributed by atoms with E-state index >= 15 is 0 Å². The molecule has 3 aliphatic heterocycles. The number of aliphatic hydroxyl groups excluding tert-OH is 2. The van der Waals surface area contributed by atoms with Crippen LogP contribution in [0.3, 0.4) is 0 Å². The van der Waals surface area contributed by atoms with Gasteiger partial charge in [-0.1, -0.05) is 55.5 Å². The molecule has 8 unspecified atom stereocenters. The smallest absolute Gasteiger partial charge is 0.334 e. The van der Waals surface area contributed by atoms with Crippen LogP contribution in [0, 0.1) is 23.7 Å². The Bertz CT molecular complexity index is 2250. The number of phenolic OH excluding ortho intramolecular Hbond substituents is 1. The maximum Gasteiger partial charge on any atom is 0.334 e. The average Bonchev–Trinajstić information content (AvgIpc) is 3.24. The molecule has 0 amide bonds. The lowest BCUT2D eigenvalue weighted by Crippen LogP contribution is -2.54. The highest BCUT2D eigenvalue weighted by molar-refractivity contribution is 5.89. The number of rotatable bonds is 10. The molecule has 6 N–H and O–H groups in total. The summed E-state index contributed by atoms with van der Waals surface area (Å²) in [6, 6.07) is 16.2. The Hall–Kier alpha value is -5.03. The van der Waals surface area contributed by atoms with Crippen molar-refractivity contribution in [2.45, 2.75) is 126 Å². The highest BCUT2D eigenvalue weighted by Crippen LogP contribution is 2.45. The van der Waals surface area contributed by atoms with Gasteiger partial charge in [-0.3, -0.25) is 9.59 Å². The summed E-state index contributed by atoms with van der Waals surface area (Å²) in [5, 5.41) is 61.0. The molecular weight excluding hydrogens is 791 g/mol. The fourth-order valence-electron chi connectivity index (χ4n) is 9.65. The molecule has 0 spiro atoms. The van der Waals surface area contributed by atoms with Crippen molar-refractivity contribution in [1.29, 1.82) is 0 Å². The second kappa shape index (κ2) is 19.2. The summed E-state index contributed by atoms with van der Waals surface area (Å²) in [5.74, 6) is 3.21. The van der Waals surface area contributed by atoms with E-state index in [1.807, 2.05) is 37.3 Å². The number of benzene rings is 3. The molecule has 4 aliphatic rings. The van der Waals surface area contributed by atoms with Crippen molar-refractivity contribution < 1.29 is 54.1 Å². The first kappa shape index (κ1) is 45.0. The van der Waals surface area contributed by atoms with E-state index in [1.54, 1.807) is 32.2 Å². The van der Waals surface area contributed by atoms with Crippen LogP contribution in [0.5, 0.6) is 11.5 Å². The Morgan fingerprint density at radius 2 is 1.76 bits per heavy atom. The first-order valence-corrected chi connectivity index (χ1v) is 21.9. The van der Waals surface area contributed by atoms with Crippen LogP contribution in [0.4, 0.5) is 5.69 Å². The lowest BCUT2D eigenvalue weighted by molar-refractivity contribution is -0.176. The van der Waals surface area contributed by atoms with Crippen LogP contribution in [0.1, 0.15) is 110 Å². The van der Waals surface area contributed by atoms with E-state index in [1.165, 1.54) is 12.1 Å². The molecule has 3 aromatic carbocycles. The van der Waals surface area contributed by atoms with Gasteiger partial charge in [0.05, 0.1) is 30.7 Å². The van der Waals surface area contributed by atoms with Crippen LogP contribution in [0.25, 0.3) is 0 Å². The predicted octanol–water partition coefficient (Wildman–Crippen LogP) is 5.72. The summed E-state index contributed by atoms with van der Waals surface area (Å²) in [4.78, 5) is 41.5.